The van der Waals surface area contributed by atoms with Gasteiger partial charge in [-0.05, 0) is 48.6 Å². The molecule has 0 radical (unpaired) electrons. The molecule has 0 spiro atoms. The maximum absolute atomic E-state index is 5.26. The largest absolute Gasteiger partial charge is 0.497 e. The average molecular weight is 453 g/mol. The Kier molecular flexibility index (Phi) is 9.99. The summed E-state index contributed by atoms with van der Waals surface area (Å²) >= 11 is 0. The minimum atomic E-state index is 0. The third-order valence-electron chi connectivity index (χ3n) is 4.00. The van der Waals surface area contributed by atoms with Crippen molar-refractivity contribution >= 4 is 29.9 Å². The summed E-state index contributed by atoms with van der Waals surface area (Å²) < 4.78 is 5.26. The van der Waals surface area contributed by atoms with Crippen molar-refractivity contribution in [2.24, 2.45) is 4.99 Å². The molecule has 4 nitrogen and oxygen atoms in total. The summed E-state index contributed by atoms with van der Waals surface area (Å²) in [6.45, 7) is 3.79. The van der Waals surface area contributed by atoms with Gasteiger partial charge in [-0.25, -0.2) is 0 Å². The molecule has 0 heterocycles. The highest BCUT2D eigenvalue weighted by Gasteiger charge is 2.01. The lowest BCUT2D eigenvalue weighted by Crippen LogP contribution is -2.37. The highest BCUT2D eigenvalue weighted by molar-refractivity contribution is 14.0. The lowest BCUT2D eigenvalue weighted by molar-refractivity contribution is 0.414. The summed E-state index contributed by atoms with van der Waals surface area (Å²) in [5.74, 6) is 1.75. The number of rotatable bonds is 7. The van der Waals surface area contributed by atoms with Crippen LogP contribution in [0.25, 0.3) is 0 Å². The van der Waals surface area contributed by atoms with Crippen LogP contribution in [0.4, 0.5) is 0 Å². The van der Waals surface area contributed by atoms with E-state index in [0.29, 0.717) is 0 Å². The Morgan fingerprint density at radius 3 is 2.60 bits per heavy atom. The van der Waals surface area contributed by atoms with Crippen molar-refractivity contribution in [2.45, 2.75) is 26.3 Å². The number of benzene rings is 2. The normalized spacial score (nSPS) is 10.8. The van der Waals surface area contributed by atoms with Crippen LogP contribution in [-0.2, 0) is 13.0 Å². The quantitative estimate of drug-likeness (QED) is 0.289. The fraction of sp³-hybridized carbons (Fsp3) is 0.350. The van der Waals surface area contributed by atoms with Crippen molar-refractivity contribution in [1.82, 2.24) is 10.6 Å². The Hall–Kier alpha value is -1.76. The van der Waals surface area contributed by atoms with Gasteiger partial charge in [-0.1, -0.05) is 36.4 Å². The number of hydrogen-bond donors (Lipinski definition) is 2. The second kappa shape index (κ2) is 11.7. The van der Waals surface area contributed by atoms with E-state index in [0.717, 1.165) is 37.6 Å². The summed E-state index contributed by atoms with van der Waals surface area (Å²) in [6, 6.07) is 16.6. The predicted octanol–water partition coefficient (Wildman–Crippen LogP) is 3.92. The van der Waals surface area contributed by atoms with Gasteiger partial charge in [0.05, 0.1) is 7.11 Å². The zero-order valence-corrected chi connectivity index (χ0v) is 17.5. The molecule has 0 aromatic heterocycles. The number of nitrogens with zero attached hydrogens (tertiary/aromatic N) is 1. The van der Waals surface area contributed by atoms with Crippen LogP contribution in [-0.4, -0.2) is 26.7 Å². The van der Waals surface area contributed by atoms with Crippen molar-refractivity contribution < 1.29 is 4.74 Å². The second-order valence-electron chi connectivity index (χ2n) is 5.73. The molecule has 0 aliphatic rings. The maximum atomic E-state index is 5.26. The van der Waals surface area contributed by atoms with E-state index < -0.39 is 0 Å². The summed E-state index contributed by atoms with van der Waals surface area (Å²) in [4.78, 5) is 4.28. The number of guanidine groups is 1. The Balaban J connectivity index is 0.00000312. The standard InChI is InChI=1S/C20H27N3O.HI/c1-16-8-4-5-11-18(16)15-23-20(21-2)22-13-7-10-17-9-6-12-19(14-17)24-3;/h4-6,8-9,11-12,14H,7,10,13,15H2,1-3H3,(H2,21,22,23);1H. The van der Waals surface area contributed by atoms with Crippen molar-refractivity contribution in [1.29, 1.82) is 0 Å². The molecule has 5 heteroatoms. The molecule has 0 saturated carbocycles. The van der Waals surface area contributed by atoms with Gasteiger partial charge in [-0.2, -0.15) is 0 Å². The van der Waals surface area contributed by atoms with Gasteiger partial charge in [0.2, 0.25) is 0 Å². The van der Waals surface area contributed by atoms with Gasteiger partial charge in [0.25, 0.3) is 0 Å². The fourth-order valence-corrected chi connectivity index (χ4v) is 2.54. The molecule has 2 aromatic rings. The van der Waals surface area contributed by atoms with E-state index in [2.05, 4.69) is 58.9 Å². The summed E-state index contributed by atoms with van der Waals surface area (Å²) in [5, 5.41) is 6.73. The molecule has 2 N–H and O–H groups in total. The summed E-state index contributed by atoms with van der Waals surface area (Å²) in [7, 11) is 3.50. The predicted molar refractivity (Wildman–Crippen MR) is 116 cm³/mol. The van der Waals surface area contributed by atoms with Crippen LogP contribution >= 0.6 is 24.0 Å². The fourth-order valence-electron chi connectivity index (χ4n) is 2.54. The van der Waals surface area contributed by atoms with Gasteiger partial charge in [0.1, 0.15) is 5.75 Å². The van der Waals surface area contributed by atoms with E-state index in [1.807, 2.05) is 12.1 Å². The minimum absolute atomic E-state index is 0. The number of aryl methyl sites for hydroxylation is 2. The van der Waals surface area contributed by atoms with Crippen LogP contribution in [0.1, 0.15) is 23.1 Å². The van der Waals surface area contributed by atoms with E-state index in [4.69, 9.17) is 4.74 Å². The highest BCUT2D eigenvalue weighted by Crippen LogP contribution is 2.13. The van der Waals surface area contributed by atoms with E-state index in [1.54, 1.807) is 14.2 Å². The molecule has 0 fully saturated rings. The first-order valence-corrected chi connectivity index (χ1v) is 8.35. The number of methoxy groups -OCH3 is 1. The molecule has 0 bridgehead atoms. The van der Waals surface area contributed by atoms with Crippen LogP contribution in [0.15, 0.2) is 53.5 Å². The Morgan fingerprint density at radius 1 is 1.08 bits per heavy atom. The zero-order valence-electron chi connectivity index (χ0n) is 15.2. The smallest absolute Gasteiger partial charge is 0.191 e. The number of hydrogen-bond acceptors (Lipinski definition) is 2. The van der Waals surface area contributed by atoms with Gasteiger partial charge < -0.3 is 15.4 Å². The molecule has 2 aromatic carbocycles. The molecule has 0 unspecified atom stereocenters. The van der Waals surface area contributed by atoms with Crippen molar-refractivity contribution in [3.8, 4) is 5.75 Å². The lowest BCUT2D eigenvalue weighted by atomic mass is 10.1. The average Bonchev–Trinajstić information content (AvgIpc) is 2.62. The van der Waals surface area contributed by atoms with Gasteiger partial charge in [0, 0.05) is 20.1 Å². The molecule has 0 saturated heterocycles. The topological polar surface area (TPSA) is 45.7 Å². The lowest BCUT2D eigenvalue weighted by Gasteiger charge is -2.13. The van der Waals surface area contributed by atoms with Gasteiger partial charge in [-0.3, -0.25) is 4.99 Å². The molecular formula is C20H28IN3O. The first kappa shape index (κ1) is 21.3. The molecule has 0 amide bonds. The van der Waals surface area contributed by atoms with E-state index in [-0.39, 0.29) is 24.0 Å². The van der Waals surface area contributed by atoms with Crippen LogP contribution in [0.3, 0.4) is 0 Å². The Labute approximate surface area is 168 Å². The van der Waals surface area contributed by atoms with Crippen molar-refractivity contribution in [2.75, 3.05) is 20.7 Å². The van der Waals surface area contributed by atoms with Gasteiger partial charge in [-0.15, -0.1) is 24.0 Å². The number of ether oxygens (including phenoxy) is 1. The summed E-state index contributed by atoms with van der Waals surface area (Å²) in [5.41, 5.74) is 3.87. The SMILES string of the molecule is CN=C(NCCCc1cccc(OC)c1)NCc1ccccc1C.I. The number of nitrogens with one attached hydrogen (secondary N) is 2. The molecule has 2 rings (SSSR count). The van der Waals surface area contributed by atoms with Crippen LogP contribution in [0.5, 0.6) is 5.75 Å². The molecule has 0 aliphatic heterocycles. The number of halogens is 1. The van der Waals surface area contributed by atoms with Crippen LogP contribution in [0, 0.1) is 6.92 Å². The monoisotopic (exact) mass is 453 g/mol. The third kappa shape index (κ3) is 7.34. The van der Waals surface area contributed by atoms with E-state index in [1.165, 1.54) is 16.7 Å². The number of aliphatic imine (C=N–C) groups is 1. The molecule has 0 aliphatic carbocycles. The summed E-state index contributed by atoms with van der Waals surface area (Å²) in [6.07, 6.45) is 2.05. The first-order valence-electron chi connectivity index (χ1n) is 8.35. The Morgan fingerprint density at radius 2 is 1.88 bits per heavy atom. The van der Waals surface area contributed by atoms with Crippen molar-refractivity contribution in [3.05, 3.63) is 65.2 Å². The molecule has 25 heavy (non-hydrogen) atoms. The highest BCUT2D eigenvalue weighted by atomic mass is 127. The minimum Gasteiger partial charge on any atom is -0.497 e. The molecule has 0 atom stereocenters. The van der Waals surface area contributed by atoms with Gasteiger partial charge >= 0.3 is 0 Å². The third-order valence-corrected chi connectivity index (χ3v) is 4.00. The molecule has 136 valence electrons. The van der Waals surface area contributed by atoms with E-state index >= 15 is 0 Å². The van der Waals surface area contributed by atoms with Crippen LogP contribution in [0.2, 0.25) is 0 Å². The van der Waals surface area contributed by atoms with E-state index in [9.17, 15) is 0 Å². The Bertz CT molecular complexity index is 673. The van der Waals surface area contributed by atoms with Crippen molar-refractivity contribution in [3.63, 3.8) is 0 Å². The maximum Gasteiger partial charge on any atom is 0.191 e. The zero-order chi connectivity index (χ0) is 17.2. The van der Waals surface area contributed by atoms with Gasteiger partial charge in [0.15, 0.2) is 5.96 Å². The first-order chi connectivity index (χ1) is 11.7. The second-order valence-corrected chi connectivity index (χ2v) is 5.73. The molecular weight excluding hydrogens is 425 g/mol. The van der Waals surface area contributed by atoms with Crippen LogP contribution < -0.4 is 15.4 Å².